The van der Waals surface area contributed by atoms with Gasteiger partial charge in [0.1, 0.15) is 28.7 Å². The van der Waals surface area contributed by atoms with Gasteiger partial charge >= 0.3 is 0 Å². The number of para-hydroxylation sites is 2. The van der Waals surface area contributed by atoms with E-state index in [1.165, 1.54) is 5.56 Å². The van der Waals surface area contributed by atoms with Crippen molar-refractivity contribution >= 4 is 44.6 Å². The van der Waals surface area contributed by atoms with E-state index in [4.69, 9.17) is 17.9 Å². The van der Waals surface area contributed by atoms with Crippen molar-refractivity contribution in [3.05, 3.63) is 223 Å². The van der Waals surface area contributed by atoms with Crippen molar-refractivity contribution < 1.29 is 15.7 Å². The van der Waals surface area contributed by atoms with Crippen molar-refractivity contribution in [3.8, 4) is 50.7 Å². The van der Waals surface area contributed by atoms with Crippen LogP contribution in [-0.2, 0) is 16.2 Å². The molecule has 0 saturated carbocycles. The van der Waals surface area contributed by atoms with Gasteiger partial charge in [-0.15, -0.1) is 0 Å². The first kappa shape index (κ1) is 38.1. The van der Waals surface area contributed by atoms with E-state index in [1.54, 1.807) is 12.1 Å². The van der Waals surface area contributed by atoms with Crippen molar-refractivity contribution in [3.63, 3.8) is 0 Å². The third kappa shape index (κ3) is 7.71. The first-order valence-electron chi connectivity index (χ1n) is 29.2. The lowest BCUT2D eigenvalue weighted by Crippen LogP contribution is -2.67. The molecule has 13 rings (SSSR count). The molecule has 1 fully saturated rings. The Balaban J connectivity index is 1.03. The van der Waals surface area contributed by atoms with Crippen LogP contribution in [-0.4, -0.2) is 16.2 Å². The molecule has 5 nitrogen and oxygen atoms in total. The highest BCUT2D eigenvalue weighted by Crippen LogP contribution is 2.68. The van der Waals surface area contributed by atoms with Gasteiger partial charge in [-0.05, 0) is 123 Å². The van der Waals surface area contributed by atoms with Crippen LogP contribution in [0.5, 0.6) is 11.5 Å². The molecule has 3 aliphatic heterocycles. The molecule has 5 heterocycles. The molecule has 3 aliphatic rings. The molecule has 362 valence electrons. The SMILES string of the molecule is [2H]c1c([2H])c([2H])c(-c2cccc(-c3cc(C(C)(C)C)cc(C(C)(C)C)c3)c2[N@+]23[CH-][N@+](c4cccc(Oc5ccc6c7cc(-c8ccccc8)ccc7n(-c7cc(C(C)(C)C)ccn7)c6c5)c4)(C2)c2cccc(C([2H])([2H])[2H])c23)c([2H])c1[2H]. The summed E-state index contributed by atoms with van der Waals surface area (Å²) >= 11 is 0. The molecule has 0 aliphatic carbocycles. The molecule has 0 radical (unpaired) electrons. The predicted molar refractivity (Wildman–Crippen MR) is 307 cm³/mol. The zero-order chi connectivity index (χ0) is 57.5. The average molecular weight is 962 g/mol. The summed E-state index contributed by atoms with van der Waals surface area (Å²) in [6.45, 7) is 19.6. The summed E-state index contributed by atoms with van der Waals surface area (Å²) < 4.78 is 81.6. The number of aryl methyl sites for hydroxylation is 1. The van der Waals surface area contributed by atoms with Gasteiger partial charge in [-0.1, -0.05) is 171 Å². The first-order chi connectivity index (χ1) is 38.2. The Morgan fingerprint density at radius 1 is 0.534 bits per heavy atom. The summed E-state index contributed by atoms with van der Waals surface area (Å²) in [7, 11) is 0. The molecule has 2 aromatic heterocycles. The Kier molecular flexibility index (Phi) is 8.74. The molecule has 73 heavy (non-hydrogen) atoms. The number of benzene rings is 8. The number of pyridine rings is 1. The largest absolute Gasteiger partial charge is 0.457 e. The molecule has 0 unspecified atom stereocenters. The average Bonchev–Trinajstić information content (AvgIpc) is 4.01. The normalized spacial score (nSPS) is 19.2. The summed E-state index contributed by atoms with van der Waals surface area (Å²) in [5.41, 5.74) is 12.0. The van der Waals surface area contributed by atoms with Gasteiger partial charge in [0.2, 0.25) is 0 Å². The van der Waals surface area contributed by atoms with Gasteiger partial charge in [0.05, 0.1) is 24.6 Å². The Hall–Kier alpha value is -7.57. The third-order valence-corrected chi connectivity index (χ3v) is 15.1. The minimum Gasteiger partial charge on any atom is -0.457 e. The molecule has 2 bridgehead atoms. The fourth-order valence-corrected chi connectivity index (χ4v) is 11.2. The van der Waals surface area contributed by atoms with Crippen LogP contribution in [0.4, 0.5) is 22.7 Å². The van der Waals surface area contributed by atoms with Crippen molar-refractivity contribution in [2.75, 3.05) is 6.67 Å². The summed E-state index contributed by atoms with van der Waals surface area (Å²) in [6.07, 6.45) is 1.88. The summed E-state index contributed by atoms with van der Waals surface area (Å²) in [6, 6.07) is 51.1. The molecule has 0 amide bonds. The summed E-state index contributed by atoms with van der Waals surface area (Å²) in [5, 5.41) is 2.14. The molecule has 10 aromatic rings. The second-order valence-corrected chi connectivity index (χ2v) is 23.0. The monoisotopic (exact) mass is 962 g/mol. The van der Waals surface area contributed by atoms with Gasteiger partial charge in [-0.3, -0.25) is 13.5 Å². The number of rotatable bonds is 8. The number of aromatic nitrogens is 2. The highest BCUT2D eigenvalue weighted by molar-refractivity contribution is 6.11. The van der Waals surface area contributed by atoms with E-state index in [0.29, 0.717) is 28.4 Å². The maximum atomic E-state index is 9.40. The van der Waals surface area contributed by atoms with Crippen LogP contribution in [0, 0.1) is 13.5 Å². The standard InChI is InChI=1S/C68H65N4O/c1-45-20-17-29-62-64(45)72(65-56(47-23-15-12-16-24-47)27-19-28-57(65)49-36-51(67(5,6)7)39-52(37-49)68(8,9)10)43-71(62,44-72)53-25-18-26-54(41-53)73-55-31-32-58-59-38-48(46-21-13-11-14-22-46)30-33-60(59)70(61(58)42-55)63-40-50(34-35-69-63)66(2,3)4/h11-43H,44H2,1-10H3/q+1/t71-,72-/m1/s1/i1D3,12D,15D,16D,23D,24D. The number of hydrogen-bond donors (Lipinski definition) is 0. The molecule has 5 heteroatoms. The molecular weight excluding hydrogens is 889 g/mol. The quantitative estimate of drug-likeness (QED) is 0.112. The summed E-state index contributed by atoms with van der Waals surface area (Å²) in [4.78, 5) is 4.95. The van der Waals surface area contributed by atoms with Gasteiger partial charge in [0.15, 0.2) is 18.0 Å². The Labute approximate surface area is 443 Å². The van der Waals surface area contributed by atoms with Crippen molar-refractivity contribution in [1.82, 2.24) is 18.5 Å². The molecular formula is C68H65N4O+. The third-order valence-electron chi connectivity index (χ3n) is 15.1. The van der Waals surface area contributed by atoms with Crippen LogP contribution in [0.1, 0.15) is 95.5 Å². The number of hydrogen-bond acceptors (Lipinski definition) is 2. The lowest BCUT2D eigenvalue weighted by molar-refractivity contribution is 0.187. The van der Waals surface area contributed by atoms with E-state index in [0.717, 1.165) is 72.4 Å². The van der Waals surface area contributed by atoms with Crippen molar-refractivity contribution in [1.29, 1.82) is 0 Å². The molecule has 1 saturated heterocycles. The van der Waals surface area contributed by atoms with Crippen molar-refractivity contribution in [2.24, 2.45) is 0 Å². The fourth-order valence-electron chi connectivity index (χ4n) is 11.2. The lowest BCUT2D eigenvalue weighted by Gasteiger charge is -2.57. The van der Waals surface area contributed by atoms with Crippen LogP contribution >= 0.6 is 0 Å². The Bertz CT molecular complexity index is 4150. The fraction of sp³-hybridized carbons (Fsp3) is 0.206. The van der Waals surface area contributed by atoms with Crippen LogP contribution < -0.4 is 13.7 Å². The number of fused-ring (bicyclic) bond motifs is 3. The van der Waals surface area contributed by atoms with E-state index < -0.39 is 25.0 Å². The van der Waals surface area contributed by atoms with Crippen molar-refractivity contribution in [2.45, 2.75) is 85.4 Å². The minimum absolute atomic E-state index is 0.0484. The second-order valence-electron chi connectivity index (χ2n) is 23.0. The molecule has 0 spiro atoms. The van der Waals surface area contributed by atoms with E-state index in [1.807, 2.05) is 66.9 Å². The van der Waals surface area contributed by atoms with Crippen LogP contribution in [0.25, 0.3) is 61.0 Å². The Morgan fingerprint density at radius 3 is 1.93 bits per heavy atom. The summed E-state index contributed by atoms with van der Waals surface area (Å²) in [5.74, 6) is 2.00. The smallest absolute Gasteiger partial charge is 0.186 e. The number of nitrogens with zero attached hydrogens (tertiary/aromatic N) is 4. The van der Waals surface area contributed by atoms with E-state index in [9.17, 15) is 2.74 Å². The van der Waals surface area contributed by atoms with Crippen LogP contribution in [0.2, 0.25) is 0 Å². The van der Waals surface area contributed by atoms with E-state index >= 15 is 0 Å². The Morgan fingerprint density at radius 2 is 1.22 bits per heavy atom. The van der Waals surface area contributed by atoms with Crippen LogP contribution in [0.3, 0.4) is 0 Å². The second kappa shape index (κ2) is 16.7. The number of ether oxygens (including phenoxy) is 1. The van der Waals surface area contributed by atoms with Gasteiger partial charge in [0, 0.05) is 56.0 Å². The highest BCUT2D eigenvalue weighted by Gasteiger charge is 2.64. The van der Waals surface area contributed by atoms with E-state index in [2.05, 4.69) is 158 Å². The molecule has 2 atom stereocenters. The van der Waals surface area contributed by atoms with Gasteiger partial charge in [-0.2, -0.15) is 0 Å². The maximum absolute atomic E-state index is 9.40. The van der Waals surface area contributed by atoms with Gasteiger partial charge < -0.3 is 4.74 Å². The van der Waals surface area contributed by atoms with Gasteiger partial charge in [0.25, 0.3) is 0 Å². The molecule has 0 N–H and O–H groups in total. The van der Waals surface area contributed by atoms with Gasteiger partial charge in [-0.25, -0.2) is 4.98 Å². The van der Waals surface area contributed by atoms with E-state index in [-0.39, 0.29) is 55.1 Å². The zero-order valence-electron chi connectivity index (χ0n) is 51.1. The number of quaternary nitrogens is 2. The highest BCUT2D eigenvalue weighted by atomic mass is 16.5. The first-order valence-corrected chi connectivity index (χ1v) is 25.2. The molecule has 8 aromatic carbocycles. The van der Waals surface area contributed by atoms with Crippen LogP contribution in [0.15, 0.2) is 194 Å². The minimum atomic E-state index is -2.55. The lowest BCUT2D eigenvalue weighted by atomic mass is 9.78. The zero-order valence-corrected chi connectivity index (χ0v) is 43.1. The topological polar surface area (TPSA) is 27.1 Å². The maximum Gasteiger partial charge on any atom is 0.186 e. The predicted octanol–water partition coefficient (Wildman–Crippen LogP) is 18.6.